The summed E-state index contributed by atoms with van der Waals surface area (Å²) < 4.78 is 16.9. The first-order valence-corrected chi connectivity index (χ1v) is 16.2. The Morgan fingerprint density at radius 3 is 2.22 bits per heavy atom. The number of nitrogens with one attached hydrogen (secondary N) is 1. The summed E-state index contributed by atoms with van der Waals surface area (Å²) in [5.41, 5.74) is 3.29. The van der Waals surface area contributed by atoms with Crippen LogP contribution in [0.2, 0.25) is 0 Å². The average molecular weight is 617 g/mol. The minimum absolute atomic E-state index is 0.0477. The van der Waals surface area contributed by atoms with E-state index in [4.69, 9.17) is 19.2 Å². The molecule has 1 saturated heterocycles. The molecule has 1 saturated carbocycles. The van der Waals surface area contributed by atoms with Crippen molar-refractivity contribution < 1.29 is 23.8 Å². The van der Waals surface area contributed by atoms with Gasteiger partial charge >= 0.3 is 6.09 Å². The largest absolute Gasteiger partial charge is 0.493 e. The van der Waals surface area contributed by atoms with Gasteiger partial charge in [0.05, 0.1) is 31.0 Å². The van der Waals surface area contributed by atoms with Gasteiger partial charge in [-0.05, 0) is 52.5 Å². The molecular weight excluding hydrogens is 568 g/mol. The van der Waals surface area contributed by atoms with Gasteiger partial charge in [0.25, 0.3) is 5.91 Å². The second kappa shape index (κ2) is 14.1. The number of aromatic nitrogens is 1. The number of ether oxygens (including phenoxy) is 3. The molecule has 2 aromatic carbocycles. The molecule has 0 spiro atoms. The minimum Gasteiger partial charge on any atom is -0.493 e. The molecule has 9 heteroatoms. The Labute approximate surface area is 267 Å². The number of methoxy groups -OCH3 is 2. The van der Waals surface area contributed by atoms with E-state index in [-0.39, 0.29) is 18.0 Å². The summed E-state index contributed by atoms with van der Waals surface area (Å²) in [6.45, 7) is 10.7. The smallest absolute Gasteiger partial charge is 0.410 e. The van der Waals surface area contributed by atoms with Crippen molar-refractivity contribution in [3.8, 4) is 22.8 Å². The third-order valence-electron chi connectivity index (χ3n) is 8.99. The summed E-state index contributed by atoms with van der Waals surface area (Å²) in [7, 11) is 3.21. The van der Waals surface area contributed by atoms with Gasteiger partial charge in [0.2, 0.25) is 0 Å². The van der Waals surface area contributed by atoms with Crippen LogP contribution < -0.4 is 14.8 Å². The minimum atomic E-state index is -0.545. The number of pyridine rings is 1. The second-order valence-corrected chi connectivity index (χ2v) is 13.3. The van der Waals surface area contributed by atoms with Gasteiger partial charge < -0.3 is 24.4 Å². The zero-order valence-electron chi connectivity index (χ0n) is 27.7. The Hall–Kier alpha value is -3.85. The number of piperazine rings is 1. The molecule has 0 radical (unpaired) electrons. The number of fused-ring (bicyclic) bond motifs is 1. The zero-order valence-corrected chi connectivity index (χ0v) is 27.7. The number of carbonyl (C=O) groups excluding carboxylic acids is 2. The Morgan fingerprint density at radius 1 is 0.956 bits per heavy atom. The highest BCUT2D eigenvalue weighted by Gasteiger charge is 2.30. The predicted molar refractivity (Wildman–Crippen MR) is 177 cm³/mol. The Kier molecular flexibility index (Phi) is 10.2. The van der Waals surface area contributed by atoms with Crippen molar-refractivity contribution in [2.75, 3.05) is 40.4 Å². The fraction of sp³-hybridized carbons (Fsp3) is 0.528. The van der Waals surface area contributed by atoms with Crippen molar-refractivity contribution in [3.63, 3.8) is 0 Å². The number of hydrogen-bond acceptors (Lipinski definition) is 7. The Morgan fingerprint density at radius 2 is 1.60 bits per heavy atom. The topological polar surface area (TPSA) is 93.2 Å². The SMILES string of the molecule is COc1cc2nc(-c3ccccc3)c(CN3CCN(C(=O)OC(C)(C)C)CC3)c(C(=O)N[C@@H](C)C3CCCCC3)c2cc1OC. The van der Waals surface area contributed by atoms with Gasteiger partial charge in [-0.25, -0.2) is 9.78 Å². The summed E-state index contributed by atoms with van der Waals surface area (Å²) in [5.74, 6) is 1.46. The van der Waals surface area contributed by atoms with Gasteiger partial charge in [0.15, 0.2) is 11.5 Å². The van der Waals surface area contributed by atoms with Gasteiger partial charge in [0.1, 0.15) is 5.60 Å². The van der Waals surface area contributed by atoms with Crippen molar-refractivity contribution in [2.45, 2.75) is 78.0 Å². The molecule has 1 atom stereocenters. The summed E-state index contributed by atoms with van der Waals surface area (Å²) in [4.78, 5) is 36.5. The van der Waals surface area contributed by atoms with Crippen molar-refractivity contribution in [3.05, 3.63) is 53.6 Å². The molecular formula is C36H48N4O5. The number of amides is 2. The van der Waals surface area contributed by atoms with E-state index in [1.807, 2.05) is 63.2 Å². The summed E-state index contributed by atoms with van der Waals surface area (Å²) in [5, 5.41) is 4.12. The van der Waals surface area contributed by atoms with Crippen LogP contribution in [0.3, 0.4) is 0 Å². The van der Waals surface area contributed by atoms with Crippen LogP contribution in [-0.2, 0) is 11.3 Å². The molecule has 9 nitrogen and oxygen atoms in total. The molecule has 1 aliphatic carbocycles. The third-order valence-corrected chi connectivity index (χ3v) is 8.99. The maximum absolute atomic E-state index is 14.5. The van der Waals surface area contributed by atoms with Crippen molar-refractivity contribution in [1.29, 1.82) is 0 Å². The van der Waals surface area contributed by atoms with Gasteiger partial charge in [-0.3, -0.25) is 9.69 Å². The zero-order chi connectivity index (χ0) is 32.1. The molecule has 0 bridgehead atoms. The van der Waals surface area contributed by atoms with Crippen molar-refractivity contribution in [2.24, 2.45) is 5.92 Å². The lowest BCUT2D eigenvalue weighted by molar-refractivity contribution is 0.0139. The monoisotopic (exact) mass is 616 g/mol. The number of benzene rings is 2. The standard InChI is InChI=1S/C36H48N4O5/c1-24(25-13-9-7-10-14-25)37-34(41)32-27-21-30(43-5)31(44-6)22-29(27)38-33(26-15-11-8-12-16-26)28(32)23-39-17-19-40(20-18-39)35(42)45-36(2,3)4/h8,11-12,15-16,21-22,24-25H,7,9-10,13-14,17-20,23H2,1-6H3,(H,37,41)/t24-/m0/s1. The highest BCUT2D eigenvalue weighted by Crippen LogP contribution is 2.38. The van der Waals surface area contributed by atoms with Crippen LogP contribution in [0.25, 0.3) is 22.2 Å². The molecule has 1 aliphatic heterocycles. The van der Waals surface area contributed by atoms with Crippen LogP contribution in [0.4, 0.5) is 4.79 Å². The lowest BCUT2D eigenvalue weighted by Gasteiger charge is -2.36. The first kappa shape index (κ1) is 32.5. The van der Waals surface area contributed by atoms with Crippen LogP contribution in [0, 0.1) is 5.92 Å². The fourth-order valence-corrected chi connectivity index (χ4v) is 6.55. The molecule has 3 aromatic rings. The molecule has 45 heavy (non-hydrogen) atoms. The first-order valence-electron chi connectivity index (χ1n) is 16.2. The Balaban J connectivity index is 1.57. The van der Waals surface area contributed by atoms with Crippen molar-refractivity contribution >= 4 is 22.9 Å². The van der Waals surface area contributed by atoms with E-state index in [2.05, 4.69) is 17.1 Å². The van der Waals surface area contributed by atoms with Crippen LogP contribution in [0.15, 0.2) is 42.5 Å². The van der Waals surface area contributed by atoms with E-state index in [1.165, 1.54) is 19.3 Å². The average Bonchev–Trinajstić information content (AvgIpc) is 3.04. The summed E-state index contributed by atoms with van der Waals surface area (Å²) in [6, 6.07) is 13.8. The van der Waals surface area contributed by atoms with Crippen LogP contribution >= 0.6 is 0 Å². The van der Waals surface area contributed by atoms with Gasteiger partial charge in [-0.1, -0.05) is 49.6 Å². The summed E-state index contributed by atoms with van der Waals surface area (Å²) >= 11 is 0. The molecule has 5 rings (SSSR count). The van der Waals surface area contributed by atoms with E-state index in [0.29, 0.717) is 61.2 Å². The van der Waals surface area contributed by atoms with E-state index >= 15 is 0 Å². The van der Waals surface area contributed by atoms with E-state index in [9.17, 15) is 9.59 Å². The molecule has 2 fully saturated rings. The lowest BCUT2D eigenvalue weighted by atomic mass is 9.84. The van der Waals surface area contributed by atoms with Crippen LogP contribution in [0.5, 0.6) is 11.5 Å². The van der Waals surface area contributed by atoms with Crippen LogP contribution in [-0.4, -0.2) is 78.8 Å². The quantitative estimate of drug-likeness (QED) is 0.302. The summed E-state index contributed by atoms with van der Waals surface area (Å²) in [6.07, 6.45) is 5.65. The fourth-order valence-electron chi connectivity index (χ4n) is 6.55. The van der Waals surface area contributed by atoms with Crippen LogP contribution in [0.1, 0.15) is 75.7 Å². The number of hydrogen-bond donors (Lipinski definition) is 1. The maximum atomic E-state index is 14.5. The molecule has 2 heterocycles. The maximum Gasteiger partial charge on any atom is 0.410 e. The molecule has 242 valence electrons. The first-order chi connectivity index (χ1) is 21.6. The number of carbonyl (C=O) groups is 2. The highest BCUT2D eigenvalue weighted by molar-refractivity contribution is 6.09. The third kappa shape index (κ3) is 7.69. The highest BCUT2D eigenvalue weighted by atomic mass is 16.6. The predicted octanol–water partition coefficient (Wildman–Crippen LogP) is 6.67. The molecule has 1 aromatic heterocycles. The number of rotatable bonds is 8. The van der Waals surface area contributed by atoms with Crippen molar-refractivity contribution in [1.82, 2.24) is 20.1 Å². The van der Waals surface area contributed by atoms with E-state index in [1.54, 1.807) is 19.1 Å². The van der Waals surface area contributed by atoms with E-state index < -0.39 is 5.60 Å². The number of nitrogens with zero attached hydrogens (tertiary/aromatic N) is 3. The van der Waals surface area contributed by atoms with Gasteiger partial charge in [0, 0.05) is 61.3 Å². The lowest BCUT2D eigenvalue weighted by Crippen LogP contribution is -2.49. The van der Waals surface area contributed by atoms with E-state index in [0.717, 1.165) is 35.0 Å². The van der Waals surface area contributed by atoms with Gasteiger partial charge in [-0.15, -0.1) is 0 Å². The molecule has 0 unspecified atom stereocenters. The normalized spacial score (nSPS) is 17.2. The Bertz CT molecular complexity index is 1490. The second-order valence-electron chi connectivity index (χ2n) is 13.3. The molecule has 2 aliphatic rings. The van der Waals surface area contributed by atoms with Gasteiger partial charge in [-0.2, -0.15) is 0 Å². The molecule has 2 amide bonds. The molecule has 1 N–H and O–H groups in total.